The molecular weight excluding hydrogens is 280 g/mol. The van der Waals surface area contributed by atoms with E-state index < -0.39 is 0 Å². The van der Waals surface area contributed by atoms with Gasteiger partial charge in [-0.15, -0.1) is 0 Å². The maximum atomic E-state index is 11.3. The Bertz CT molecular complexity index is 594. The van der Waals surface area contributed by atoms with Crippen LogP contribution >= 0.6 is 0 Å². The molecule has 0 saturated heterocycles. The molecule has 5 heteroatoms. The fourth-order valence-electron chi connectivity index (χ4n) is 1.91. The van der Waals surface area contributed by atoms with Crippen molar-refractivity contribution in [2.75, 3.05) is 25.5 Å². The van der Waals surface area contributed by atoms with Crippen molar-refractivity contribution >= 4 is 11.7 Å². The highest BCUT2D eigenvalue weighted by Gasteiger charge is 2.04. The van der Waals surface area contributed by atoms with Crippen molar-refractivity contribution in [2.45, 2.75) is 6.61 Å². The number of benzene rings is 2. The van der Waals surface area contributed by atoms with Gasteiger partial charge in [0.2, 0.25) is 0 Å². The number of hydrogen-bond acceptors (Lipinski definition) is 5. The molecule has 0 aliphatic heterocycles. The van der Waals surface area contributed by atoms with E-state index in [1.165, 1.54) is 7.11 Å². The Morgan fingerprint density at radius 2 is 1.77 bits per heavy atom. The van der Waals surface area contributed by atoms with Crippen LogP contribution in [0.15, 0.2) is 48.5 Å². The lowest BCUT2D eigenvalue weighted by molar-refractivity contribution is 0.0600. The lowest BCUT2D eigenvalue weighted by Gasteiger charge is -2.09. The van der Waals surface area contributed by atoms with Crippen LogP contribution in [-0.2, 0) is 11.3 Å². The zero-order valence-corrected chi connectivity index (χ0v) is 12.5. The van der Waals surface area contributed by atoms with Gasteiger partial charge in [-0.05, 0) is 42.0 Å². The Morgan fingerprint density at radius 3 is 2.36 bits per heavy atom. The van der Waals surface area contributed by atoms with Gasteiger partial charge in [0.05, 0.1) is 12.7 Å². The summed E-state index contributed by atoms with van der Waals surface area (Å²) >= 11 is 0. The molecule has 0 radical (unpaired) electrons. The third-order valence-electron chi connectivity index (χ3n) is 3.11. The van der Waals surface area contributed by atoms with E-state index in [2.05, 4.69) is 10.1 Å². The maximum Gasteiger partial charge on any atom is 0.337 e. The Hall–Kier alpha value is -2.53. The van der Waals surface area contributed by atoms with Crippen LogP contribution in [0, 0.1) is 0 Å². The number of hydrogen-bond donors (Lipinski definition) is 2. The minimum absolute atomic E-state index is 0.340. The Balaban J connectivity index is 1.88. The van der Waals surface area contributed by atoms with E-state index in [1.54, 1.807) is 12.1 Å². The first-order valence-electron chi connectivity index (χ1n) is 7.07. The fourth-order valence-corrected chi connectivity index (χ4v) is 1.91. The van der Waals surface area contributed by atoms with Crippen LogP contribution in [0.1, 0.15) is 15.9 Å². The number of anilines is 1. The van der Waals surface area contributed by atoms with Gasteiger partial charge in [-0.2, -0.15) is 0 Å². The second kappa shape index (κ2) is 8.05. The van der Waals surface area contributed by atoms with Crippen molar-refractivity contribution in [3.05, 3.63) is 59.7 Å². The monoisotopic (exact) mass is 300 g/mol. The zero-order valence-electron chi connectivity index (χ0n) is 12.5. The average molecular weight is 300 g/mol. The summed E-state index contributed by atoms with van der Waals surface area (Å²) in [5, 5.41) is 3.19. The van der Waals surface area contributed by atoms with Crippen LogP contribution in [-0.4, -0.2) is 26.2 Å². The Morgan fingerprint density at radius 1 is 1.09 bits per heavy atom. The summed E-state index contributed by atoms with van der Waals surface area (Å²) in [6, 6.07) is 14.9. The SMILES string of the molecule is COC(=O)c1ccc(COc2ccc(NCCN)cc2)cc1. The molecule has 0 heterocycles. The zero-order chi connectivity index (χ0) is 15.8. The summed E-state index contributed by atoms with van der Waals surface area (Å²) in [5.41, 5.74) is 7.97. The molecule has 0 atom stereocenters. The summed E-state index contributed by atoms with van der Waals surface area (Å²) in [7, 11) is 1.37. The van der Waals surface area contributed by atoms with Gasteiger partial charge in [0.1, 0.15) is 12.4 Å². The second-order valence-electron chi connectivity index (χ2n) is 4.72. The second-order valence-corrected chi connectivity index (χ2v) is 4.72. The highest BCUT2D eigenvalue weighted by atomic mass is 16.5. The van der Waals surface area contributed by atoms with Gasteiger partial charge >= 0.3 is 5.97 Å². The van der Waals surface area contributed by atoms with Gasteiger partial charge < -0.3 is 20.5 Å². The molecule has 0 aromatic heterocycles. The van der Waals surface area contributed by atoms with Crippen molar-refractivity contribution in [3.63, 3.8) is 0 Å². The molecule has 0 fully saturated rings. The minimum Gasteiger partial charge on any atom is -0.489 e. The van der Waals surface area contributed by atoms with Gasteiger partial charge in [0, 0.05) is 18.8 Å². The van der Waals surface area contributed by atoms with Crippen LogP contribution in [0.3, 0.4) is 0 Å². The van der Waals surface area contributed by atoms with Crippen LogP contribution < -0.4 is 15.8 Å². The topological polar surface area (TPSA) is 73.6 Å². The molecule has 0 amide bonds. The first-order valence-corrected chi connectivity index (χ1v) is 7.07. The van der Waals surface area contributed by atoms with Gasteiger partial charge in [-0.25, -0.2) is 4.79 Å². The predicted octanol–water partition coefficient (Wildman–Crippen LogP) is 2.42. The standard InChI is InChI=1S/C17H20N2O3/c1-21-17(20)14-4-2-13(3-5-14)12-22-16-8-6-15(7-9-16)19-11-10-18/h2-9,19H,10-12,18H2,1H3. The molecule has 0 saturated carbocycles. The van der Waals surface area contributed by atoms with Gasteiger partial charge in [0.15, 0.2) is 0 Å². The molecule has 0 aliphatic rings. The van der Waals surface area contributed by atoms with Crippen LogP contribution in [0.5, 0.6) is 5.75 Å². The van der Waals surface area contributed by atoms with E-state index in [4.69, 9.17) is 10.5 Å². The van der Waals surface area contributed by atoms with Crippen molar-refractivity contribution in [1.29, 1.82) is 0 Å². The van der Waals surface area contributed by atoms with Gasteiger partial charge in [0.25, 0.3) is 0 Å². The molecular formula is C17H20N2O3. The molecule has 0 bridgehead atoms. The molecule has 0 unspecified atom stereocenters. The predicted molar refractivity (Wildman–Crippen MR) is 86.1 cm³/mol. The normalized spacial score (nSPS) is 10.1. The first kappa shape index (κ1) is 15.9. The highest BCUT2D eigenvalue weighted by Crippen LogP contribution is 2.17. The van der Waals surface area contributed by atoms with E-state index >= 15 is 0 Å². The average Bonchev–Trinajstić information content (AvgIpc) is 2.58. The summed E-state index contributed by atoms with van der Waals surface area (Å²) in [5.74, 6) is 0.448. The van der Waals surface area contributed by atoms with Crippen LogP contribution in [0.25, 0.3) is 0 Å². The summed E-state index contributed by atoms with van der Waals surface area (Å²) in [6.07, 6.45) is 0. The number of carbonyl (C=O) groups is 1. The van der Waals surface area contributed by atoms with Crippen molar-refractivity contribution in [2.24, 2.45) is 5.73 Å². The van der Waals surface area contributed by atoms with E-state index in [1.807, 2.05) is 36.4 Å². The molecule has 3 N–H and O–H groups in total. The molecule has 0 aliphatic carbocycles. The molecule has 2 aromatic rings. The maximum absolute atomic E-state index is 11.3. The number of methoxy groups -OCH3 is 1. The number of nitrogens with two attached hydrogens (primary N) is 1. The third-order valence-corrected chi connectivity index (χ3v) is 3.11. The molecule has 2 aromatic carbocycles. The van der Waals surface area contributed by atoms with E-state index in [-0.39, 0.29) is 5.97 Å². The Labute approximate surface area is 130 Å². The molecule has 2 rings (SSSR count). The fraction of sp³-hybridized carbons (Fsp3) is 0.235. The highest BCUT2D eigenvalue weighted by molar-refractivity contribution is 5.89. The largest absolute Gasteiger partial charge is 0.489 e. The third kappa shape index (κ3) is 4.49. The van der Waals surface area contributed by atoms with Gasteiger partial charge in [-0.3, -0.25) is 0 Å². The van der Waals surface area contributed by atoms with E-state index in [9.17, 15) is 4.79 Å². The quantitative estimate of drug-likeness (QED) is 0.768. The molecule has 5 nitrogen and oxygen atoms in total. The number of rotatable bonds is 7. The van der Waals surface area contributed by atoms with Gasteiger partial charge in [-0.1, -0.05) is 12.1 Å². The van der Waals surface area contributed by atoms with E-state index in [0.717, 1.165) is 23.5 Å². The summed E-state index contributed by atoms with van der Waals surface area (Å²) in [6.45, 7) is 1.78. The summed E-state index contributed by atoms with van der Waals surface area (Å²) < 4.78 is 10.4. The van der Waals surface area contributed by atoms with Crippen molar-refractivity contribution < 1.29 is 14.3 Å². The van der Waals surface area contributed by atoms with E-state index in [0.29, 0.717) is 18.7 Å². The molecule has 116 valence electrons. The number of ether oxygens (including phenoxy) is 2. The molecule has 22 heavy (non-hydrogen) atoms. The van der Waals surface area contributed by atoms with Crippen molar-refractivity contribution in [3.8, 4) is 5.75 Å². The molecule has 0 spiro atoms. The smallest absolute Gasteiger partial charge is 0.337 e. The first-order chi connectivity index (χ1) is 10.7. The number of carbonyl (C=O) groups excluding carboxylic acids is 1. The number of nitrogens with one attached hydrogen (secondary N) is 1. The lowest BCUT2D eigenvalue weighted by Crippen LogP contribution is -2.12. The van der Waals surface area contributed by atoms with Crippen LogP contribution in [0.4, 0.5) is 5.69 Å². The number of esters is 1. The summed E-state index contributed by atoms with van der Waals surface area (Å²) in [4.78, 5) is 11.3. The Kier molecular flexibility index (Phi) is 5.80. The lowest BCUT2D eigenvalue weighted by atomic mass is 10.1. The minimum atomic E-state index is -0.340. The van der Waals surface area contributed by atoms with Crippen molar-refractivity contribution in [1.82, 2.24) is 0 Å². The van der Waals surface area contributed by atoms with Crippen LogP contribution in [0.2, 0.25) is 0 Å².